The molecule has 0 aliphatic carbocycles. The van der Waals surface area contributed by atoms with Crippen molar-refractivity contribution in [2.75, 3.05) is 26.8 Å². The fourth-order valence-corrected chi connectivity index (χ4v) is 2.19. The molecule has 0 spiro atoms. The third-order valence-corrected chi connectivity index (χ3v) is 3.75. The average molecular weight is 264 g/mol. The minimum Gasteiger partial charge on any atom is -0.383 e. The van der Waals surface area contributed by atoms with Crippen LogP contribution in [0.25, 0.3) is 0 Å². The predicted molar refractivity (Wildman–Crippen MR) is 81.2 cm³/mol. The van der Waals surface area contributed by atoms with Gasteiger partial charge in [-0.25, -0.2) is 0 Å². The van der Waals surface area contributed by atoms with Gasteiger partial charge >= 0.3 is 0 Å². The lowest BCUT2D eigenvalue weighted by Crippen LogP contribution is -2.37. The van der Waals surface area contributed by atoms with Crippen LogP contribution in [-0.2, 0) is 4.74 Å². The summed E-state index contributed by atoms with van der Waals surface area (Å²) in [7, 11) is 1.75. The number of rotatable bonds is 9. The Hall–Kier alpha value is -0.900. The number of hydrogen-bond acceptors (Lipinski definition) is 3. The zero-order valence-corrected chi connectivity index (χ0v) is 12.5. The van der Waals surface area contributed by atoms with Crippen LogP contribution in [0.15, 0.2) is 30.3 Å². The van der Waals surface area contributed by atoms with Crippen LogP contribution in [-0.4, -0.2) is 37.7 Å². The van der Waals surface area contributed by atoms with Gasteiger partial charge in [0.05, 0.1) is 6.61 Å². The molecule has 0 saturated carbocycles. The molecule has 0 aliphatic heterocycles. The molecule has 3 heteroatoms. The molecular weight excluding hydrogens is 236 g/mol. The van der Waals surface area contributed by atoms with Gasteiger partial charge in [0.15, 0.2) is 0 Å². The van der Waals surface area contributed by atoms with Crippen molar-refractivity contribution < 1.29 is 4.74 Å². The molecule has 19 heavy (non-hydrogen) atoms. The van der Waals surface area contributed by atoms with Gasteiger partial charge < -0.3 is 10.5 Å². The van der Waals surface area contributed by atoms with Gasteiger partial charge in [-0.15, -0.1) is 0 Å². The molecule has 0 aromatic heterocycles. The third-order valence-electron chi connectivity index (χ3n) is 3.75. The maximum atomic E-state index is 6.26. The van der Waals surface area contributed by atoms with Crippen LogP contribution in [0.1, 0.15) is 38.3 Å². The highest BCUT2D eigenvalue weighted by atomic mass is 16.5. The molecule has 1 aromatic rings. The summed E-state index contributed by atoms with van der Waals surface area (Å²) in [6.45, 7) is 7.28. The lowest BCUT2D eigenvalue weighted by molar-refractivity contribution is 0.120. The lowest BCUT2D eigenvalue weighted by atomic mass is 10.0. The molecule has 0 bridgehead atoms. The number of nitrogens with two attached hydrogens (primary N) is 1. The number of ether oxygens (including phenoxy) is 1. The van der Waals surface area contributed by atoms with Gasteiger partial charge in [0, 0.05) is 32.3 Å². The van der Waals surface area contributed by atoms with Crippen molar-refractivity contribution in [3.8, 4) is 0 Å². The van der Waals surface area contributed by atoms with Crippen molar-refractivity contribution in [3.63, 3.8) is 0 Å². The Bertz CT molecular complexity index is 329. The van der Waals surface area contributed by atoms with E-state index in [0.29, 0.717) is 6.04 Å². The molecule has 3 nitrogen and oxygen atoms in total. The first-order valence-corrected chi connectivity index (χ1v) is 7.22. The second-order valence-corrected chi connectivity index (χ2v) is 5.09. The quantitative estimate of drug-likeness (QED) is 0.745. The Balaban J connectivity index is 2.46. The predicted octanol–water partition coefficient (Wildman–Crippen LogP) is 2.82. The number of nitrogens with zero attached hydrogens (tertiary/aromatic N) is 1. The van der Waals surface area contributed by atoms with E-state index in [4.69, 9.17) is 10.5 Å². The van der Waals surface area contributed by atoms with Crippen molar-refractivity contribution in [1.82, 2.24) is 4.90 Å². The Kier molecular flexibility index (Phi) is 7.72. The highest BCUT2D eigenvalue weighted by molar-refractivity contribution is 5.18. The van der Waals surface area contributed by atoms with Crippen molar-refractivity contribution in [2.24, 2.45) is 5.73 Å². The number of benzene rings is 1. The summed E-state index contributed by atoms with van der Waals surface area (Å²) in [5.74, 6) is 0. The topological polar surface area (TPSA) is 38.5 Å². The molecule has 1 rings (SSSR count). The molecule has 0 radical (unpaired) electrons. The summed E-state index contributed by atoms with van der Waals surface area (Å²) in [5, 5.41) is 0. The van der Waals surface area contributed by atoms with E-state index in [9.17, 15) is 0 Å². The zero-order valence-electron chi connectivity index (χ0n) is 12.5. The highest BCUT2D eigenvalue weighted by Gasteiger charge is 2.14. The van der Waals surface area contributed by atoms with Gasteiger partial charge in [0.25, 0.3) is 0 Å². The molecule has 2 N–H and O–H groups in total. The van der Waals surface area contributed by atoms with E-state index in [1.807, 2.05) is 18.2 Å². The second-order valence-electron chi connectivity index (χ2n) is 5.09. The van der Waals surface area contributed by atoms with E-state index in [0.717, 1.165) is 32.5 Å². The monoisotopic (exact) mass is 264 g/mol. The highest BCUT2D eigenvalue weighted by Crippen LogP contribution is 2.15. The first-order valence-electron chi connectivity index (χ1n) is 7.22. The Morgan fingerprint density at radius 3 is 2.47 bits per heavy atom. The summed E-state index contributed by atoms with van der Waals surface area (Å²) < 4.78 is 5.19. The molecular formula is C16H28N2O. The van der Waals surface area contributed by atoms with E-state index in [-0.39, 0.29) is 6.04 Å². The van der Waals surface area contributed by atoms with Gasteiger partial charge in [0.2, 0.25) is 0 Å². The van der Waals surface area contributed by atoms with Crippen LogP contribution >= 0.6 is 0 Å². The van der Waals surface area contributed by atoms with Crippen LogP contribution in [0.5, 0.6) is 0 Å². The fourth-order valence-electron chi connectivity index (χ4n) is 2.19. The summed E-state index contributed by atoms with van der Waals surface area (Å²) in [5.41, 5.74) is 7.48. The largest absolute Gasteiger partial charge is 0.383 e. The van der Waals surface area contributed by atoms with E-state index in [1.54, 1.807) is 7.11 Å². The molecule has 2 unspecified atom stereocenters. The number of methoxy groups -OCH3 is 1. The summed E-state index contributed by atoms with van der Waals surface area (Å²) in [6, 6.07) is 11.0. The van der Waals surface area contributed by atoms with Gasteiger partial charge in [-0.05, 0) is 25.3 Å². The Morgan fingerprint density at radius 1 is 1.21 bits per heavy atom. The summed E-state index contributed by atoms with van der Waals surface area (Å²) in [6.07, 6.45) is 2.14. The van der Waals surface area contributed by atoms with E-state index in [2.05, 4.69) is 30.9 Å². The zero-order chi connectivity index (χ0) is 14.1. The SMILES string of the molecule is CCC(C)N(CCOC)CCC(N)c1ccccc1. The van der Waals surface area contributed by atoms with Crippen LogP contribution in [0.4, 0.5) is 0 Å². The van der Waals surface area contributed by atoms with Crippen LogP contribution < -0.4 is 5.73 Å². The average Bonchev–Trinajstić information content (AvgIpc) is 2.47. The standard InChI is InChI=1S/C16H28N2O/c1-4-14(2)18(12-13-19-3)11-10-16(17)15-8-6-5-7-9-15/h5-9,14,16H,4,10-13,17H2,1-3H3. The second kappa shape index (κ2) is 9.08. The fraction of sp³-hybridized carbons (Fsp3) is 0.625. The van der Waals surface area contributed by atoms with Gasteiger partial charge in [-0.1, -0.05) is 37.3 Å². The van der Waals surface area contributed by atoms with Crippen molar-refractivity contribution in [3.05, 3.63) is 35.9 Å². The Morgan fingerprint density at radius 2 is 1.89 bits per heavy atom. The Labute approximate surface area is 117 Å². The van der Waals surface area contributed by atoms with E-state index >= 15 is 0 Å². The molecule has 108 valence electrons. The molecule has 2 atom stereocenters. The van der Waals surface area contributed by atoms with E-state index < -0.39 is 0 Å². The molecule has 1 aromatic carbocycles. The molecule has 0 saturated heterocycles. The van der Waals surface area contributed by atoms with Crippen molar-refractivity contribution in [2.45, 2.75) is 38.8 Å². The smallest absolute Gasteiger partial charge is 0.0589 e. The molecule has 0 fully saturated rings. The third kappa shape index (κ3) is 5.72. The first-order chi connectivity index (χ1) is 9.19. The van der Waals surface area contributed by atoms with Crippen LogP contribution in [0, 0.1) is 0 Å². The van der Waals surface area contributed by atoms with Gasteiger partial charge in [0.1, 0.15) is 0 Å². The lowest BCUT2D eigenvalue weighted by Gasteiger charge is -2.29. The van der Waals surface area contributed by atoms with Gasteiger partial charge in [-0.2, -0.15) is 0 Å². The number of hydrogen-bond donors (Lipinski definition) is 1. The molecule has 0 heterocycles. The van der Waals surface area contributed by atoms with Gasteiger partial charge in [-0.3, -0.25) is 4.90 Å². The van der Waals surface area contributed by atoms with Crippen LogP contribution in [0.3, 0.4) is 0 Å². The summed E-state index contributed by atoms with van der Waals surface area (Å²) >= 11 is 0. The molecule has 0 amide bonds. The minimum absolute atomic E-state index is 0.121. The first kappa shape index (κ1) is 16.2. The summed E-state index contributed by atoms with van der Waals surface area (Å²) in [4.78, 5) is 2.46. The minimum atomic E-state index is 0.121. The normalized spacial score (nSPS) is 14.6. The van der Waals surface area contributed by atoms with E-state index in [1.165, 1.54) is 5.56 Å². The van der Waals surface area contributed by atoms with Crippen LogP contribution in [0.2, 0.25) is 0 Å². The maximum Gasteiger partial charge on any atom is 0.0589 e. The molecule has 0 aliphatic rings. The van der Waals surface area contributed by atoms with Crippen molar-refractivity contribution in [1.29, 1.82) is 0 Å². The van der Waals surface area contributed by atoms with Crippen molar-refractivity contribution >= 4 is 0 Å². The maximum absolute atomic E-state index is 6.26.